The fourth-order valence-electron chi connectivity index (χ4n) is 2.17. The third-order valence-electron chi connectivity index (χ3n) is 3.48. The Morgan fingerprint density at radius 2 is 2.05 bits per heavy atom. The van der Waals surface area contributed by atoms with Crippen molar-refractivity contribution in [2.75, 3.05) is 33.4 Å². The van der Waals surface area contributed by atoms with Crippen molar-refractivity contribution >= 4 is 0 Å². The summed E-state index contributed by atoms with van der Waals surface area (Å²) >= 11 is 0. The lowest BCUT2D eigenvalue weighted by Gasteiger charge is -2.28. The Balaban J connectivity index is 2.61. The van der Waals surface area contributed by atoms with Crippen LogP contribution < -0.4 is 5.73 Å². The van der Waals surface area contributed by atoms with E-state index in [4.69, 9.17) is 10.5 Å². The van der Waals surface area contributed by atoms with E-state index in [2.05, 4.69) is 18.7 Å². The number of halogens is 1. The van der Waals surface area contributed by atoms with Gasteiger partial charge in [-0.25, -0.2) is 4.39 Å². The Morgan fingerprint density at radius 1 is 1.37 bits per heavy atom. The lowest BCUT2D eigenvalue weighted by atomic mass is 9.94. The van der Waals surface area contributed by atoms with Gasteiger partial charge in [0.1, 0.15) is 5.82 Å². The molecule has 0 saturated heterocycles. The minimum Gasteiger partial charge on any atom is -0.383 e. The number of methoxy groups -OCH3 is 1. The molecular weight excluding hydrogens is 243 g/mol. The van der Waals surface area contributed by atoms with E-state index in [9.17, 15) is 4.39 Å². The van der Waals surface area contributed by atoms with E-state index >= 15 is 0 Å². The molecule has 0 bridgehead atoms. The number of hydrogen-bond acceptors (Lipinski definition) is 3. The van der Waals surface area contributed by atoms with E-state index in [1.54, 1.807) is 19.2 Å². The highest BCUT2D eigenvalue weighted by Gasteiger charge is 2.19. The second-order valence-corrected chi connectivity index (χ2v) is 4.91. The maximum absolute atomic E-state index is 13.7. The summed E-state index contributed by atoms with van der Waals surface area (Å²) in [5.74, 6) is -0.0319. The van der Waals surface area contributed by atoms with E-state index in [-0.39, 0.29) is 17.8 Å². The summed E-state index contributed by atoms with van der Waals surface area (Å²) in [6.07, 6.45) is 0. The van der Waals surface area contributed by atoms with Crippen molar-refractivity contribution in [3.05, 3.63) is 35.6 Å². The molecule has 0 radical (unpaired) electrons. The number of hydrogen-bond donors (Lipinski definition) is 1. The molecule has 19 heavy (non-hydrogen) atoms. The highest BCUT2D eigenvalue weighted by molar-refractivity contribution is 5.21. The molecule has 2 N–H and O–H groups in total. The first-order valence-corrected chi connectivity index (χ1v) is 6.81. The molecule has 3 nitrogen and oxygen atoms in total. The molecule has 2 atom stereocenters. The number of nitrogens with two attached hydrogens (primary N) is 1. The molecule has 1 aromatic rings. The number of nitrogens with zero attached hydrogens (tertiary/aromatic N) is 1. The van der Waals surface area contributed by atoms with Crippen LogP contribution in [0.3, 0.4) is 0 Å². The van der Waals surface area contributed by atoms with E-state index in [1.165, 1.54) is 6.07 Å². The van der Waals surface area contributed by atoms with E-state index in [0.29, 0.717) is 12.2 Å². The zero-order valence-electron chi connectivity index (χ0n) is 12.1. The largest absolute Gasteiger partial charge is 0.383 e. The van der Waals surface area contributed by atoms with Crippen LogP contribution in [0.2, 0.25) is 0 Å². The molecule has 0 amide bonds. The zero-order chi connectivity index (χ0) is 14.3. The van der Waals surface area contributed by atoms with Gasteiger partial charge in [-0.05, 0) is 18.5 Å². The second kappa shape index (κ2) is 8.25. The smallest absolute Gasteiger partial charge is 0.127 e. The van der Waals surface area contributed by atoms with Crippen LogP contribution in [0.1, 0.15) is 25.5 Å². The van der Waals surface area contributed by atoms with Crippen molar-refractivity contribution in [3.63, 3.8) is 0 Å². The predicted molar refractivity (Wildman–Crippen MR) is 76.5 cm³/mol. The Hall–Kier alpha value is -0.970. The number of benzene rings is 1. The van der Waals surface area contributed by atoms with Gasteiger partial charge in [-0.3, -0.25) is 0 Å². The molecule has 1 rings (SSSR count). The summed E-state index contributed by atoms with van der Waals surface area (Å²) in [7, 11) is 1.70. The number of likely N-dealkylation sites (N-methyl/N-ethyl adjacent to an activating group) is 1. The van der Waals surface area contributed by atoms with Crippen LogP contribution in [0, 0.1) is 11.7 Å². The van der Waals surface area contributed by atoms with Crippen molar-refractivity contribution < 1.29 is 9.13 Å². The summed E-state index contributed by atoms with van der Waals surface area (Å²) in [5.41, 5.74) is 6.77. The third kappa shape index (κ3) is 4.90. The van der Waals surface area contributed by atoms with Gasteiger partial charge in [0, 0.05) is 31.8 Å². The van der Waals surface area contributed by atoms with Crippen LogP contribution in [0.4, 0.5) is 4.39 Å². The second-order valence-electron chi connectivity index (χ2n) is 4.91. The van der Waals surface area contributed by atoms with Gasteiger partial charge < -0.3 is 15.4 Å². The molecule has 2 unspecified atom stereocenters. The fraction of sp³-hybridized carbons (Fsp3) is 0.600. The first kappa shape index (κ1) is 16.1. The van der Waals surface area contributed by atoms with Crippen LogP contribution in [0.5, 0.6) is 0 Å². The van der Waals surface area contributed by atoms with Gasteiger partial charge in [0.05, 0.1) is 6.61 Å². The van der Waals surface area contributed by atoms with Gasteiger partial charge in [0.2, 0.25) is 0 Å². The fourth-order valence-corrected chi connectivity index (χ4v) is 2.17. The molecule has 0 aliphatic heterocycles. The molecule has 1 aromatic carbocycles. The molecule has 0 spiro atoms. The molecule has 0 saturated carbocycles. The van der Waals surface area contributed by atoms with Gasteiger partial charge in [0.15, 0.2) is 0 Å². The monoisotopic (exact) mass is 268 g/mol. The van der Waals surface area contributed by atoms with Crippen molar-refractivity contribution in [3.8, 4) is 0 Å². The van der Waals surface area contributed by atoms with Gasteiger partial charge in [0.25, 0.3) is 0 Å². The van der Waals surface area contributed by atoms with E-state index in [1.807, 2.05) is 6.07 Å². The molecule has 0 aromatic heterocycles. The molecule has 0 heterocycles. The van der Waals surface area contributed by atoms with Crippen molar-refractivity contribution in [1.82, 2.24) is 4.90 Å². The highest BCUT2D eigenvalue weighted by Crippen LogP contribution is 2.22. The van der Waals surface area contributed by atoms with Crippen molar-refractivity contribution in [2.45, 2.75) is 19.9 Å². The van der Waals surface area contributed by atoms with Crippen LogP contribution in [0.25, 0.3) is 0 Å². The summed E-state index contributed by atoms with van der Waals surface area (Å²) < 4.78 is 18.8. The lowest BCUT2D eigenvalue weighted by molar-refractivity contribution is 0.138. The Morgan fingerprint density at radius 3 is 2.63 bits per heavy atom. The minimum atomic E-state index is -0.280. The Labute approximate surface area is 115 Å². The summed E-state index contributed by atoms with van der Waals surface area (Å²) in [6, 6.07) is 6.46. The summed E-state index contributed by atoms with van der Waals surface area (Å²) in [6.45, 7) is 7.54. The lowest BCUT2D eigenvalue weighted by Crippen LogP contribution is -2.35. The van der Waals surface area contributed by atoms with Gasteiger partial charge >= 0.3 is 0 Å². The quantitative estimate of drug-likeness (QED) is 0.787. The normalized spacial score (nSPS) is 14.6. The number of rotatable bonds is 8. The Kier molecular flexibility index (Phi) is 6.99. The van der Waals surface area contributed by atoms with Crippen molar-refractivity contribution in [1.29, 1.82) is 0 Å². The van der Waals surface area contributed by atoms with Crippen LogP contribution in [0.15, 0.2) is 24.3 Å². The van der Waals surface area contributed by atoms with Crippen LogP contribution in [-0.4, -0.2) is 38.3 Å². The average Bonchev–Trinajstić information content (AvgIpc) is 2.43. The van der Waals surface area contributed by atoms with Gasteiger partial charge in [-0.2, -0.15) is 0 Å². The SMILES string of the molecule is CCN(CCOC)CC(C)C(N)c1ccccc1F. The summed E-state index contributed by atoms with van der Waals surface area (Å²) in [5, 5.41) is 0. The first-order valence-electron chi connectivity index (χ1n) is 6.81. The van der Waals surface area contributed by atoms with Crippen molar-refractivity contribution in [2.24, 2.45) is 11.7 Å². The maximum atomic E-state index is 13.7. The maximum Gasteiger partial charge on any atom is 0.127 e. The van der Waals surface area contributed by atoms with Gasteiger partial charge in [-0.15, -0.1) is 0 Å². The molecular formula is C15H25FN2O. The molecule has 0 aliphatic carbocycles. The van der Waals surface area contributed by atoms with E-state index < -0.39 is 0 Å². The standard InChI is InChI=1S/C15H25FN2O/c1-4-18(9-10-19-3)11-12(2)15(17)13-7-5-6-8-14(13)16/h5-8,12,15H,4,9-11,17H2,1-3H3. The third-order valence-corrected chi connectivity index (χ3v) is 3.48. The topological polar surface area (TPSA) is 38.5 Å². The van der Waals surface area contributed by atoms with E-state index in [0.717, 1.165) is 19.6 Å². The number of ether oxygens (including phenoxy) is 1. The van der Waals surface area contributed by atoms with Crippen LogP contribution >= 0.6 is 0 Å². The van der Waals surface area contributed by atoms with Crippen LogP contribution in [-0.2, 0) is 4.74 Å². The highest BCUT2D eigenvalue weighted by atomic mass is 19.1. The molecule has 4 heteroatoms. The van der Waals surface area contributed by atoms with Gasteiger partial charge in [-0.1, -0.05) is 32.0 Å². The molecule has 0 fully saturated rings. The minimum absolute atomic E-state index is 0.189. The Bertz CT molecular complexity index is 373. The average molecular weight is 268 g/mol. The zero-order valence-corrected chi connectivity index (χ0v) is 12.1. The first-order chi connectivity index (χ1) is 9.10. The summed E-state index contributed by atoms with van der Waals surface area (Å²) in [4.78, 5) is 2.27. The molecule has 108 valence electrons. The molecule has 0 aliphatic rings. The predicted octanol–water partition coefficient (Wildman–Crippen LogP) is 2.43.